The summed E-state index contributed by atoms with van der Waals surface area (Å²) in [6, 6.07) is 0. The van der Waals surface area contributed by atoms with Crippen LogP contribution in [0.4, 0.5) is 28.2 Å². The van der Waals surface area contributed by atoms with Gasteiger partial charge < -0.3 is 0 Å². The van der Waals surface area contributed by atoms with E-state index in [-0.39, 0.29) is 38.1 Å². The van der Waals surface area contributed by atoms with E-state index < -0.39 is 0 Å². The largest absolute Gasteiger partial charge is 0.293 e. The third-order valence-electron chi connectivity index (χ3n) is 0. The number of hydrogen-bond donors (Lipinski definition) is 0. The van der Waals surface area contributed by atoms with Crippen LogP contribution in [-0.4, -0.2) is 18.8 Å². The van der Waals surface area contributed by atoms with Gasteiger partial charge in [-0.2, -0.15) is 9.90 Å². The van der Waals surface area contributed by atoms with Crippen molar-refractivity contribution in [2.45, 2.75) is 0 Å². The molecule has 0 saturated carbocycles. The molecule has 82 valence electrons. The summed E-state index contributed by atoms with van der Waals surface area (Å²) >= 11 is 0. The highest BCUT2D eigenvalue weighted by Crippen LogP contribution is 1.78. The van der Waals surface area contributed by atoms with Crippen LogP contribution in [0.5, 0.6) is 0 Å². The molecule has 0 N–H and O–H groups in total. The molecule has 0 aromatic carbocycles. The lowest BCUT2D eigenvalue weighted by molar-refractivity contribution is 0.703. The van der Waals surface area contributed by atoms with E-state index in [2.05, 4.69) is 9.39 Å². The van der Waals surface area contributed by atoms with Crippen molar-refractivity contribution < 1.29 is 28.2 Å². The van der Waals surface area contributed by atoms with Crippen LogP contribution < -0.4 is 0 Å². The summed E-state index contributed by atoms with van der Waals surface area (Å²) in [6.45, 7) is 0. The maximum atomic E-state index is 2.49. The van der Waals surface area contributed by atoms with E-state index in [4.69, 9.17) is 0 Å². The molecule has 11 heavy (non-hydrogen) atoms. The maximum absolute atomic E-state index is 2.49. The molecule has 1 nitrogen and oxygen atoms in total. The van der Waals surface area contributed by atoms with E-state index in [0.717, 1.165) is 0 Å². The number of halogens is 6. The first-order chi connectivity index (χ1) is 1.73. The second-order valence-electron chi connectivity index (χ2n) is 0.964. The minimum atomic E-state index is 0. The SMILES string of the molecule is CN(C)P.F.F.F.F.F.F.P. The van der Waals surface area contributed by atoms with Gasteiger partial charge in [-0.05, 0) is 14.1 Å². The van der Waals surface area contributed by atoms with Crippen LogP contribution >= 0.6 is 19.3 Å². The summed E-state index contributed by atoms with van der Waals surface area (Å²) in [7, 11) is 6.42. The third kappa shape index (κ3) is 4590. The van der Waals surface area contributed by atoms with Crippen molar-refractivity contribution in [3.05, 3.63) is 0 Å². The van der Waals surface area contributed by atoms with Crippen LogP contribution in [0, 0.1) is 0 Å². The zero-order valence-corrected chi connectivity index (χ0v) is 8.75. The molecule has 0 heterocycles. The monoisotopic (exact) mass is 231 g/mol. The van der Waals surface area contributed by atoms with Crippen molar-refractivity contribution in [3.8, 4) is 0 Å². The fraction of sp³-hybridized carbons (Fsp3) is 1.00. The normalized spacial score (nSPS) is 3.27. The van der Waals surface area contributed by atoms with E-state index in [1.807, 2.05) is 18.8 Å². The summed E-state index contributed by atoms with van der Waals surface area (Å²) < 4.78 is 1.92. The summed E-state index contributed by atoms with van der Waals surface area (Å²) in [4.78, 5) is 0. The molecule has 0 aliphatic carbocycles. The molecule has 0 rings (SSSR count). The molecule has 0 aliphatic heterocycles. The lowest BCUT2D eigenvalue weighted by Crippen LogP contribution is -1.88. The van der Waals surface area contributed by atoms with Crippen LogP contribution in [0.25, 0.3) is 0 Å². The molecule has 0 amide bonds. The van der Waals surface area contributed by atoms with Gasteiger partial charge in [0.05, 0.1) is 0 Å². The fourth-order valence-electron chi connectivity index (χ4n) is 0. The lowest BCUT2D eigenvalue weighted by Gasteiger charge is -1.90. The van der Waals surface area contributed by atoms with E-state index in [0.29, 0.717) is 0 Å². The molecule has 2 atom stereocenters. The highest BCUT2D eigenvalue weighted by atomic mass is 31.0. The Kier molecular flexibility index (Phi) is 771. The Morgan fingerprint density at radius 2 is 0.727 bits per heavy atom. The van der Waals surface area contributed by atoms with Crippen molar-refractivity contribution in [3.63, 3.8) is 0 Å². The second-order valence-corrected chi connectivity index (χ2v) is 2.00. The van der Waals surface area contributed by atoms with Gasteiger partial charge in [0.15, 0.2) is 0 Å². The van der Waals surface area contributed by atoms with Crippen LogP contribution in [-0.2, 0) is 0 Å². The third-order valence-corrected chi connectivity index (χ3v) is 0. The second kappa shape index (κ2) is 79.5. The summed E-state index contributed by atoms with van der Waals surface area (Å²) in [6.07, 6.45) is 0. The first-order valence-electron chi connectivity index (χ1n) is 1.15. The van der Waals surface area contributed by atoms with Crippen molar-refractivity contribution in [2.24, 2.45) is 0 Å². The minimum Gasteiger partial charge on any atom is -0.293 e. The molecule has 0 aliphatic rings. The molecule has 0 aromatic heterocycles. The Bertz CT molecular complexity index is 23.3. The first-order valence-corrected chi connectivity index (χ1v) is 1.67. The van der Waals surface area contributed by atoms with Gasteiger partial charge in [0, 0.05) is 0 Å². The predicted octanol–water partition coefficient (Wildman–Crippen LogP) is 1.31. The van der Waals surface area contributed by atoms with Crippen LogP contribution in [0.3, 0.4) is 0 Å². The zero-order chi connectivity index (χ0) is 3.58. The van der Waals surface area contributed by atoms with Crippen molar-refractivity contribution in [1.82, 2.24) is 4.67 Å². The Morgan fingerprint density at radius 1 is 0.727 bits per heavy atom. The molecule has 0 saturated heterocycles. The van der Waals surface area contributed by atoms with Gasteiger partial charge in [-0.3, -0.25) is 32.9 Å². The fourth-order valence-corrected chi connectivity index (χ4v) is 0. The van der Waals surface area contributed by atoms with Gasteiger partial charge in [0.2, 0.25) is 0 Å². The van der Waals surface area contributed by atoms with E-state index >= 15 is 0 Å². The van der Waals surface area contributed by atoms with Gasteiger partial charge >= 0.3 is 0 Å². The number of rotatable bonds is 0. The smallest absolute Gasteiger partial charge is 0.0102 e. The Hall–Kier alpha value is 0.400. The highest BCUT2D eigenvalue weighted by Gasteiger charge is 1.58. The average Bonchev–Trinajstić information content (AvgIpc) is 0.811. The van der Waals surface area contributed by atoms with Gasteiger partial charge in [-0.25, -0.2) is 0 Å². The van der Waals surface area contributed by atoms with Crippen LogP contribution in [0.15, 0.2) is 0 Å². The molecule has 0 aromatic rings. The number of nitrogens with zero attached hydrogens (tertiary/aromatic N) is 1. The molecular weight excluding hydrogens is 214 g/mol. The molecular formula is C2H17F6NP2. The minimum absolute atomic E-state index is 0. The zero-order valence-electron chi connectivity index (χ0n) is 6.18. The van der Waals surface area contributed by atoms with E-state index in [1.54, 1.807) is 0 Å². The van der Waals surface area contributed by atoms with Gasteiger partial charge in [0.25, 0.3) is 0 Å². The summed E-state index contributed by atoms with van der Waals surface area (Å²) in [5.41, 5.74) is 0. The summed E-state index contributed by atoms with van der Waals surface area (Å²) in [5.74, 6) is 0. The van der Waals surface area contributed by atoms with E-state index in [9.17, 15) is 0 Å². The van der Waals surface area contributed by atoms with Crippen molar-refractivity contribution in [2.75, 3.05) is 14.1 Å². The Labute approximate surface area is 67.4 Å². The van der Waals surface area contributed by atoms with Crippen molar-refractivity contribution in [1.29, 1.82) is 0 Å². The molecule has 0 spiro atoms. The predicted molar refractivity (Wildman–Crippen MR) is 49.5 cm³/mol. The Balaban J connectivity index is -0.00000000214. The molecule has 9 heteroatoms. The van der Waals surface area contributed by atoms with Gasteiger partial charge in [-0.15, -0.1) is 0 Å². The number of hydrogen-bond acceptors (Lipinski definition) is 1. The summed E-state index contributed by atoms with van der Waals surface area (Å²) in [5, 5.41) is 0. The topological polar surface area (TPSA) is 3.24 Å². The quantitative estimate of drug-likeness (QED) is 0.449. The lowest BCUT2D eigenvalue weighted by atomic mass is 11.3. The average molecular weight is 231 g/mol. The molecule has 2 unspecified atom stereocenters. The van der Waals surface area contributed by atoms with E-state index in [1.165, 1.54) is 0 Å². The van der Waals surface area contributed by atoms with Crippen LogP contribution in [0.2, 0.25) is 0 Å². The first kappa shape index (κ1) is 107. The van der Waals surface area contributed by atoms with Gasteiger partial charge in [0.1, 0.15) is 0 Å². The van der Waals surface area contributed by atoms with Gasteiger partial charge in [-0.1, -0.05) is 9.39 Å². The molecule has 0 fully saturated rings. The highest BCUT2D eigenvalue weighted by molar-refractivity contribution is 7.13. The Morgan fingerprint density at radius 3 is 0.727 bits per heavy atom. The van der Waals surface area contributed by atoms with Crippen LogP contribution in [0.1, 0.15) is 0 Å². The van der Waals surface area contributed by atoms with Crippen molar-refractivity contribution >= 4 is 19.3 Å². The standard InChI is InChI=1S/C2H8NP.6FH.H3P/c1-3(2)4;;;;;;;/h4H2,1-2H3;6*1H;1H3. The maximum Gasteiger partial charge on any atom is -0.0102 e. The molecule has 0 radical (unpaired) electrons. The molecule has 0 bridgehead atoms.